The van der Waals surface area contributed by atoms with Crippen molar-refractivity contribution in [1.82, 2.24) is 10.6 Å². The van der Waals surface area contributed by atoms with Gasteiger partial charge in [-0.3, -0.25) is 0 Å². The Morgan fingerprint density at radius 1 is 1.00 bits per heavy atom. The lowest BCUT2D eigenvalue weighted by Gasteiger charge is -2.31. The molecule has 1 heterocycles. The number of para-hydroxylation sites is 1. The van der Waals surface area contributed by atoms with E-state index >= 15 is 0 Å². The number of hydrogen-bond donors (Lipinski definition) is 3. The van der Waals surface area contributed by atoms with E-state index in [9.17, 15) is 9.59 Å². The van der Waals surface area contributed by atoms with Crippen molar-refractivity contribution < 1.29 is 23.8 Å². The molecule has 34 heavy (non-hydrogen) atoms. The average molecular weight is 490 g/mol. The largest absolute Gasteiger partial charge is 0.493 e. The fraction of sp³-hybridized carbons (Fsp3) is 0.480. The molecular formula is C25H35N3O5S. The first-order chi connectivity index (χ1) is 16.3. The van der Waals surface area contributed by atoms with E-state index in [0.717, 1.165) is 25.8 Å². The van der Waals surface area contributed by atoms with E-state index in [4.69, 9.17) is 32.2 Å². The number of thiocarbonyl (C=S) groups is 1. The van der Waals surface area contributed by atoms with E-state index in [-0.39, 0.29) is 13.2 Å². The van der Waals surface area contributed by atoms with Gasteiger partial charge in [0.1, 0.15) is 5.75 Å². The molecule has 0 radical (unpaired) electrons. The molecule has 1 aliphatic rings. The molecule has 0 saturated carbocycles. The predicted molar refractivity (Wildman–Crippen MR) is 135 cm³/mol. The van der Waals surface area contributed by atoms with Gasteiger partial charge in [0.2, 0.25) is 0 Å². The fourth-order valence-corrected chi connectivity index (χ4v) is 4.01. The Bertz CT molecular complexity index is 918. The molecule has 1 aromatic carbocycles. The zero-order chi connectivity index (χ0) is 25.1. The number of carbonyl (C=O) groups excluding carboxylic acids is 2. The number of ether oxygens (including phenoxy) is 3. The van der Waals surface area contributed by atoms with Crippen LogP contribution in [0.4, 0.5) is 0 Å². The number of carbonyl (C=O) groups is 2. The van der Waals surface area contributed by atoms with Gasteiger partial charge in [0.05, 0.1) is 36.9 Å². The molecule has 0 aromatic heterocycles. The third kappa shape index (κ3) is 7.21. The van der Waals surface area contributed by atoms with Crippen LogP contribution >= 0.6 is 12.2 Å². The molecule has 2 rings (SSSR count). The summed E-state index contributed by atoms with van der Waals surface area (Å²) in [4.78, 5) is 26.0. The molecule has 186 valence electrons. The SMILES string of the molecule is CCOC(=O)C1=C(C)NC(C)=C(C(=O)OCC)C1c1ccccc1OCCCCCNC(N)=S. The molecule has 0 unspecified atom stereocenters. The van der Waals surface area contributed by atoms with Crippen LogP contribution < -0.4 is 21.1 Å². The minimum Gasteiger partial charge on any atom is -0.493 e. The second kappa shape index (κ2) is 13.6. The number of nitrogens with one attached hydrogen (secondary N) is 2. The van der Waals surface area contributed by atoms with Crippen molar-refractivity contribution >= 4 is 29.3 Å². The van der Waals surface area contributed by atoms with E-state index in [0.29, 0.717) is 45.6 Å². The summed E-state index contributed by atoms with van der Waals surface area (Å²) >= 11 is 4.81. The van der Waals surface area contributed by atoms with Gasteiger partial charge in [-0.2, -0.15) is 0 Å². The standard InChI is InChI=1S/C25H35N3O5S/c1-5-31-23(29)20-16(3)28-17(4)21(24(30)32-6-2)22(20)18-12-8-9-13-19(18)33-15-11-7-10-14-27-25(26)34/h8-9,12-13,22,28H,5-7,10-11,14-15H2,1-4H3,(H3,26,27,34). The maximum atomic E-state index is 13.0. The van der Waals surface area contributed by atoms with Gasteiger partial charge in [-0.15, -0.1) is 0 Å². The van der Waals surface area contributed by atoms with Gasteiger partial charge in [-0.1, -0.05) is 18.2 Å². The van der Waals surface area contributed by atoms with Crippen molar-refractivity contribution in [1.29, 1.82) is 0 Å². The van der Waals surface area contributed by atoms with Crippen molar-refractivity contribution in [2.24, 2.45) is 5.73 Å². The molecule has 0 aliphatic carbocycles. The number of nitrogens with two attached hydrogens (primary N) is 1. The molecule has 1 aliphatic heterocycles. The normalized spacial score (nSPS) is 13.9. The number of rotatable bonds is 12. The quantitative estimate of drug-likeness (QED) is 0.231. The van der Waals surface area contributed by atoms with Gasteiger partial charge in [0, 0.05) is 23.5 Å². The molecule has 8 nitrogen and oxygen atoms in total. The van der Waals surface area contributed by atoms with Crippen molar-refractivity contribution in [3.8, 4) is 5.75 Å². The number of allylic oxidation sites excluding steroid dienone is 2. The summed E-state index contributed by atoms with van der Waals surface area (Å²) in [5, 5.41) is 6.38. The molecule has 0 saturated heterocycles. The molecule has 0 fully saturated rings. The molecular weight excluding hydrogens is 454 g/mol. The average Bonchev–Trinajstić information content (AvgIpc) is 2.78. The van der Waals surface area contributed by atoms with Crippen molar-refractivity contribution in [3.63, 3.8) is 0 Å². The van der Waals surface area contributed by atoms with Gasteiger partial charge in [0.15, 0.2) is 5.11 Å². The zero-order valence-electron chi connectivity index (χ0n) is 20.4. The van der Waals surface area contributed by atoms with Gasteiger partial charge in [0.25, 0.3) is 0 Å². The van der Waals surface area contributed by atoms with Crippen LogP contribution in [-0.2, 0) is 19.1 Å². The van der Waals surface area contributed by atoms with Gasteiger partial charge in [-0.25, -0.2) is 9.59 Å². The van der Waals surface area contributed by atoms with E-state index in [1.54, 1.807) is 27.7 Å². The molecule has 1 aromatic rings. The van der Waals surface area contributed by atoms with Crippen LogP contribution in [0, 0.1) is 0 Å². The van der Waals surface area contributed by atoms with Crippen LogP contribution in [0.15, 0.2) is 46.8 Å². The summed E-state index contributed by atoms with van der Waals surface area (Å²) < 4.78 is 16.8. The maximum Gasteiger partial charge on any atom is 0.336 e. The van der Waals surface area contributed by atoms with E-state index < -0.39 is 17.9 Å². The van der Waals surface area contributed by atoms with Gasteiger partial charge < -0.3 is 30.6 Å². The number of unbranched alkanes of at least 4 members (excludes halogenated alkanes) is 2. The second-order valence-corrected chi connectivity index (χ2v) is 8.25. The summed E-state index contributed by atoms with van der Waals surface area (Å²) in [7, 11) is 0. The Hall–Kier alpha value is -3.07. The second-order valence-electron chi connectivity index (χ2n) is 7.81. The van der Waals surface area contributed by atoms with E-state index in [1.165, 1.54) is 0 Å². The van der Waals surface area contributed by atoms with Crippen LogP contribution in [0.3, 0.4) is 0 Å². The molecule has 4 N–H and O–H groups in total. The fourth-order valence-electron chi connectivity index (χ4n) is 3.91. The third-order valence-corrected chi connectivity index (χ3v) is 5.50. The monoisotopic (exact) mass is 489 g/mol. The molecule has 0 amide bonds. The van der Waals surface area contributed by atoms with Crippen LogP contribution in [0.1, 0.15) is 58.4 Å². The lowest BCUT2D eigenvalue weighted by atomic mass is 9.80. The summed E-state index contributed by atoms with van der Waals surface area (Å²) in [6.45, 7) is 8.76. The van der Waals surface area contributed by atoms with Crippen LogP contribution in [0.5, 0.6) is 5.75 Å². The Morgan fingerprint density at radius 3 is 2.15 bits per heavy atom. The first-order valence-electron chi connectivity index (χ1n) is 11.6. The molecule has 0 atom stereocenters. The summed E-state index contributed by atoms with van der Waals surface area (Å²) in [5.41, 5.74) is 8.16. The Labute approximate surface area is 206 Å². The topological polar surface area (TPSA) is 112 Å². The maximum absolute atomic E-state index is 13.0. The molecule has 9 heteroatoms. The summed E-state index contributed by atoms with van der Waals surface area (Å²) in [6.07, 6.45) is 2.69. The van der Waals surface area contributed by atoms with Crippen LogP contribution in [0.2, 0.25) is 0 Å². The third-order valence-electron chi connectivity index (χ3n) is 5.36. The summed E-state index contributed by atoms with van der Waals surface area (Å²) in [6, 6.07) is 7.45. The number of benzene rings is 1. The molecule has 0 bridgehead atoms. The molecule has 0 spiro atoms. The highest BCUT2D eigenvalue weighted by atomic mass is 32.1. The van der Waals surface area contributed by atoms with Crippen molar-refractivity contribution in [2.45, 2.75) is 52.9 Å². The first kappa shape index (κ1) is 27.2. The van der Waals surface area contributed by atoms with E-state index in [1.807, 2.05) is 24.3 Å². The predicted octanol–water partition coefficient (Wildman–Crippen LogP) is 3.43. The number of esters is 2. The summed E-state index contributed by atoms with van der Waals surface area (Å²) in [5.74, 6) is -1.02. The lowest BCUT2D eigenvalue weighted by Crippen LogP contribution is -2.32. The Balaban J connectivity index is 2.33. The lowest BCUT2D eigenvalue weighted by molar-refractivity contribution is -0.139. The Morgan fingerprint density at radius 2 is 1.59 bits per heavy atom. The highest BCUT2D eigenvalue weighted by molar-refractivity contribution is 7.80. The van der Waals surface area contributed by atoms with Crippen LogP contribution in [-0.4, -0.2) is 43.4 Å². The van der Waals surface area contributed by atoms with Gasteiger partial charge >= 0.3 is 11.9 Å². The smallest absolute Gasteiger partial charge is 0.336 e. The minimum atomic E-state index is -0.676. The van der Waals surface area contributed by atoms with E-state index in [2.05, 4.69) is 10.6 Å². The Kier molecular flexibility index (Phi) is 10.9. The highest BCUT2D eigenvalue weighted by Gasteiger charge is 2.39. The van der Waals surface area contributed by atoms with Crippen molar-refractivity contribution in [2.75, 3.05) is 26.4 Å². The number of hydrogen-bond acceptors (Lipinski definition) is 7. The first-order valence-corrected chi connectivity index (χ1v) is 12.0. The van der Waals surface area contributed by atoms with Crippen LogP contribution in [0.25, 0.3) is 0 Å². The number of dihydropyridines is 1. The zero-order valence-corrected chi connectivity index (χ0v) is 21.2. The van der Waals surface area contributed by atoms with Gasteiger partial charge in [-0.05, 0) is 65.2 Å². The van der Waals surface area contributed by atoms with Crippen molar-refractivity contribution in [3.05, 3.63) is 52.4 Å². The highest BCUT2D eigenvalue weighted by Crippen LogP contribution is 2.42. The minimum absolute atomic E-state index is 0.224.